The molecule has 228 valence electrons. The number of hydrogen-bond donors (Lipinski definition) is 3. The van der Waals surface area contributed by atoms with Crippen molar-refractivity contribution >= 4 is 17.8 Å². The molecule has 0 bridgehead atoms. The van der Waals surface area contributed by atoms with Crippen LogP contribution in [0.2, 0.25) is 0 Å². The smallest absolute Gasteiger partial charge is 0.308 e. The van der Waals surface area contributed by atoms with E-state index in [9.17, 15) is 19.5 Å². The van der Waals surface area contributed by atoms with E-state index in [-0.39, 0.29) is 18.4 Å². The normalized spacial score (nSPS) is 18.8. The van der Waals surface area contributed by atoms with Gasteiger partial charge in [-0.25, -0.2) is 0 Å². The van der Waals surface area contributed by atoms with Crippen LogP contribution < -0.4 is 10.6 Å². The van der Waals surface area contributed by atoms with Gasteiger partial charge >= 0.3 is 5.97 Å². The molecule has 1 aliphatic heterocycles. The van der Waals surface area contributed by atoms with E-state index in [4.69, 9.17) is 9.47 Å². The minimum absolute atomic E-state index is 0.0261. The number of amides is 2. The third-order valence-electron chi connectivity index (χ3n) is 7.57. The van der Waals surface area contributed by atoms with Crippen LogP contribution in [0.25, 0.3) is 0 Å². The molecule has 8 heteroatoms. The van der Waals surface area contributed by atoms with Gasteiger partial charge in [0.25, 0.3) is 0 Å². The Bertz CT molecular complexity index is 709. The Balaban J connectivity index is 2.10. The Morgan fingerprint density at radius 1 is 0.821 bits per heavy atom. The van der Waals surface area contributed by atoms with E-state index in [1.54, 1.807) is 13.8 Å². The van der Waals surface area contributed by atoms with Gasteiger partial charge in [0.1, 0.15) is 6.10 Å². The first-order valence-corrected chi connectivity index (χ1v) is 15.6. The number of hydrogen-bond acceptors (Lipinski definition) is 5. The molecule has 2 unspecified atom stereocenters. The monoisotopic (exact) mass is 554 g/mol. The maximum Gasteiger partial charge on any atom is 0.308 e. The highest BCUT2D eigenvalue weighted by Crippen LogP contribution is 2.34. The molecule has 0 aromatic carbocycles. The number of rotatable bonds is 22. The fourth-order valence-corrected chi connectivity index (χ4v) is 4.92. The van der Waals surface area contributed by atoms with Crippen LogP contribution in [0.3, 0.4) is 0 Å². The van der Waals surface area contributed by atoms with Crippen LogP contribution in [-0.4, -0.2) is 54.5 Å². The van der Waals surface area contributed by atoms with Crippen LogP contribution in [0.4, 0.5) is 0 Å². The number of carboxylic acids is 1. The van der Waals surface area contributed by atoms with Crippen LogP contribution >= 0.6 is 0 Å². The molecule has 8 nitrogen and oxygen atoms in total. The predicted molar refractivity (Wildman–Crippen MR) is 155 cm³/mol. The zero-order chi connectivity index (χ0) is 29.2. The van der Waals surface area contributed by atoms with Crippen LogP contribution in [-0.2, 0) is 23.9 Å². The summed E-state index contributed by atoms with van der Waals surface area (Å²) in [5.74, 6) is -2.84. The van der Waals surface area contributed by atoms with Crippen molar-refractivity contribution in [2.75, 3.05) is 19.7 Å². The van der Waals surface area contributed by atoms with Crippen molar-refractivity contribution in [2.24, 2.45) is 11.3 Å². The molecule has 0 aromatic rings. The highest BCUT2D eigenvalue weighted by Gasteiger charge is 2.45. The summed E-state index contributed by atoms with van der Waals surface area (Å²) in [6.45, 7) is 10.4. The molecular formula is C31H58N2O6. The van der Waals surface area contributed by atoms with Gasteiger partial charge in [-0.15, -0.1) is 0 Å². The fourth-order valence-electron chi connectivity index (χ4n) is 4.92. The first kappa shape index (κ1) is 35.4. The van der Waals surface area contributed by atoms with Gasteiger partial charge in [0.15, 0.2) is 5.79 Å². The van der Waals surface area contributed by atoms with Crippen molar-refractivity contribution in [1.82, 2.24) is 10.6 Å². The lowest BCUT2D eigenvalue weighted by atomic mass is 9.85. The molecule has 3 N–H and O–H groups in total. The van der Waals surface area contributed by atoms with Crippen molar-refractivity contribution in [3.8, 4) is 0 Å². The number of carboxylic acid groups (broad SMARTS) is 1. The molecule has 0 saturated carbocycles. The molecule has 2 amide bonds. The van der Waals surface area contributed by atoms with Crippen LogP contribution in [0.1, 0.15) is 137 Å². The number of aliphatic carboxylic acids is 1. The molecule has 0 aliphatic carbocycles. The molecule has 0 spiro atoms. The molecule has 0 aromatic heterocycles. The van der Waals surface area contributed by atoms with E-state index < -0.39 is 29.2 Å². The first-order valence-electron chi connectivity index (χ1n) is 15.6. The number of carbonyl (C=O) groups excluding carboxylic acids is 2. The standard InChI is InChI=1S/C31H58N2O6/c1-6-7-8-9-10-11-12-13-14-15-16-17-18-21-26(34)32-22-19-20-25(29(36)37)23-33-28(35)27-30(2,3)24-38-31(4,5)39-27/h25,27H,6-24H2,1-5H3,(H,32,34)(H,33,35)(H,36,37). The second kappa shape index (κ2) is 19.4. The van der Waals surface area contributed by atoms with E-state index in [1.807, 2.05) is 13.8 Å². The topological polar surface area (TPSA) is 114 Å². The molecule has 2 atom stereocenters. The highest BCUT2D eigenvalue weighted by molar-refractivity contribution is 5.82. The summed E-state index contributed by atoms with van der Waals surface area (Å²) in [6.07, 6.45) is 17.3. The summed E-state index contributed by atoms with van der Waals surface area (Å²) >= 11 is 0. The molecular weight excluding hydrogens is 496 g/mol. The fraction of sp³-hybridized carbons (Fsp3) is 0.903. The second-order valence-electron chi connectivity index (χ2n) is 12.4. The second-order valence-corrected chi connectivity index (χ2v) is 12.4. The molecule has 1 saturated heterocycles. The van der Waals surface area contributed by atoms with E-state index in [0.29, 0.717) is 32.4 Å². The Morgan fingerprint density at radius 2 is 1.36 bits per heavy atom. The largest absolute Gasteiger partial charge is 0.481 e. The lowest BCUT2D eigenvalue weighted by Crippen LogP contribution is -2.57. The van der Waals surface area contributed by atoms with Crippen LogP contribution in [0.15, 0.2) is 0 Å². The van der Waals surface area contributed by atoms with Crippen molar-refractivity contribution in [2.45, 2.75) is 149 Å². The first-order chi connectivity index (χ1) is 18.5. The summed E-state index contributed by atoms with van der Waals surface area (Å²) in [5, 5.41) is 15.2. The van der Waals surface area contributed by atoms with Gasteiger partial charge in [-0.1, -0.05) is 97.8 Å². The summed E-state index contributed by atoms with van der Waals surface area (Å²) in [7, 11) is 0. The Labute approximate surface area is 237 Å². The summed E-state index contributed by atoms with van der Waals surface area (Å²) in [4.78, 5) is 36.6. The van der Waals surface area contributed by atoms with Gasteiger partial charge in [0.2, 0.25) is 11.8 Å². The molecule has 1 rings (SSSR count). The molecule has 1 aliphatic rings. The lowest BCUT2D eigenvalue weighted by molar-refractivity contribution is -0.304. The van der Waals surface area contributed by atoms with Gasteiger partial charge in [-0.05, 0) is 33.1 Å². The van der Waals surface area contributed by atoms with Gasteiger partial charge in [-0.3, -0.25) is 14.4 Å². The highest BCUT2D eigenvalue weighted by atomic mass is 16.7. The minimum atomic E-state index is -0.957. The predicted octanol–water partition coefficient (Wildman–Crippen LogP) is 6.36. The zero-order valence-corrected chi connectivity index (χ0v) is 25.6. The maximum absolute atomic E-state index is 12.8. The Morgan fingerprint density at radius 3 is 1.90 bits per heavy atom. The quantitative estimate of drug-likeness (QED) is 0.134. The number of carbonyl (C=O) groups is 3. The summed E-state index contributed by atoms with van der Waals surface area (Å²) in [6, 6.07) is 0. The third kappa shape index (κ3) is 16.3. The minimum Gasteiger partial charge on any atom is -0.481 e. The van der Waals surface area contributed by atoms with Crippen LogP contribution in [0, 0.1) is 11.3 Å². The molecule has 0 radical (unpaired) electrons. The summed E-state index contributed by atoms with van der Waals surface area (Å²) < 4.78 is 11.5. The third-order valence-corrected chi connectivity index (χ3v) is 7.57. The number of ether oxygens (including phenoxy) is 2. The van der Waals surface area contributed by atoms with Crippen molar-refractivity contribution in [3.63, 3.8) is 0 Å². The van der Waals surface area contributed by atoms with Crippen LogP contribution in [0.5, 0.6) is 0 Å². The van der Waals surface area contributed by atoms with Gasteiger partial charge < -0.3 is 25.2 Å². The van der Waals surface area contributed by atoms with Gasteiger partial charge in [0.05, 0.1) is 12.5 Å². The van der Waals surface area contributed by atoms with Crippen molar-refractivity contribution in [3.05, 3.63) is 0 Å². The Hall–Kier alpha value is -1.67. The number of nitrogens with one attached hydrogen (secondary N) is 2. The van der Waals surface area contributed by atoms with Gasteiger partial charge in [0, 0.05) is 24.9 Å². The molecule has 1 heterocycles. The number of unbranched alkanes of at least 4 members (excludes halogenated alkanes) is 12. The lowest BCUT2D eigenvalue weighted by Gasteiger charge is -2.44. The van der Waals surface area contributed by atoms with Crippen molar-refractivity contribution < 1.29 is 29.0 Å². The van der Waals surface area contributed by atoms with Gasteiger partial charge in [-0.2, -0.15) is 0 Å². The summed E-state index contributed by atoms with van der Waals surface area (Å²) in [5.41, 5.74) is -0.518. The van der Waals surface area contributed by atoms with E-state index in [2.05, 4.69) is 17.6 Å². The average Bonchev–Trinajstić information content (AvgIpc) is 2.87. The molecule has 1 fully saturated rings. The van der Waals surface area contributed by atoms with Crippen molar-refractivity contribution in [1.29, 1.82) is 0 Å². The molecule has 39 heavy (non-hydrogen) atoms. The SMILES string of the molecule is CCCCCCCCCCCCCCCC(=O)NCCCC(CNC(=O)C1OC(C)(C)OCC1(C)C)C(=O)O. The van der Waals surface area contributed by atoms with E-state index in [0.717, 1.165) is 12.8 Å². The van der Waals surface area contributed by atoms with E-state index in [1.165, 1.54) is 70.6 Å². The zero-order valence-electron chi connectivity index (χ0n) is 25.6. The maximum atomic E-state index is 12.8. The Kier molecular flexibility index (Phi) is 17.6. The average molecular weight is 555 g/mol. The van der Waals surface area contributed by atoms with E-state index >= 15 is 0 Å².